The molecule has 1 nitrogen and oxygen atoms in total. The highest BCUT2D eigenvalue weighted by Crippen LogP contribution is 2.24. The van der Waals surface area contributed by atoms with Crippen LogP contribution >= 0.6 is 23.2 Å². The van der Waals surface area contributed by atoms with Gasteiger partial charge in [0.2, 0.25) is 0 Å². The maximum atomic E-state index is 5.95. The molecule has 0 heterocycles. The maximum Gasteiger partial charge on any atom is 0.121 e. The summed E-state index contributed by atoms with van der Waals surface area (Å²) in [6.07, 6.45) is 0.165. The first-order valence-electron chi connectivity index (χ1n) is 4.14. The SMILES string of the molecule is CC(C)Oc1ccc(CCl)c(Cl)c1. The van der Waals surface area contributed by atoms with Crippen LogP contribution in [0.15, 0.2) is 18.2 Å². The minimum atomic E-state index is 0.165. The van der Waals surface area contributed by atoms with Gasteiger partial charge < -0.3 is 4.74 Å². The summed E-state index contributed by atoms with van der Waals surface area (Å²) in [5, 5.41) is 0.660. The average Bonchev–Trinajstić information content (AvgIpc) is 2.03. The first kappa shape index (κ1) is 10.7. The molecule has 0 radical (unpaired) electrons. The summed E-state index contributed by atoms with van der Waals surface area (Å²) in [5.74, 6) is 1.22. The molecule has 0 aliphatic carbocycles. The number of alkyl halides is 1. The zero-order chi connectivity index (χ0) is 9.84. The minimum absolute atomic E-state index is 0.165. The van der Waals surface area contributed by atoms with Crippen molar-refractivity contribution < 1.29 is 4.74 Å². The normalized spacial score (nSPS) is 10.5. The van der Waals surface area contributed by atoms with Crippen molar-refractivity contribution in [1.29, 1.82) is 0 Å². The van der Waals surface area contributed by atoms with E-state index in [-0.39, 0.29) is 6.10 Å². The van der Waals surface area contributed by atoms with Crippen LogP contribution < -0.4 is 4.74 Å². The molecule has 13 heavy (non-hydrogen) atoms. The summed E-state index contributed by atoms with van der Waals surface area (Å²) in [4.78, 5) is 0. The number of rotatable bonds is 3. The van der Waals surface area contributed by atoms with Gasteiger partial charge in [-0.1, -0.05) is 17.7 Å². The first-order chi connectivity index (χ1) is 6.13. The van der Waals surface area contributed by atoms with E-state index in [4.69, 9.17) is 27.9 Å². The molecule has 3 heteroatoms. The lowest BCUT2D eigenvalue weighted by Gasteiger charge is -2.10. The van der Waals surface area contributed by atoms with E-state index in [1.54, 1.807) is 6.07 Å². The largest absolute Gasteiger partial charge is 0.491 e. The monoisotopic (exact) mass is 218 g/mol. The van der Waals surface area contributed by atoms with E-state index in [2.05, 4.69) is 0 Å². The van der Waals surface area contributed by atoms with Gasteiger partial charge in [0.1, 0.15) is 5.75 Å². The summed E-state index contributed by atoms with van der Waals surface area (Å²) in [6.45, 7) is 3.95. The third kappa shape index (κ3) is 3.09. The quantitative estimate of drug-likeness (QED) is 0.701. The first-order valence-corrected chi connectivity index (χ1v) is 5.05. The fourth-order valence-electron chi connectivity index (χ4n) is 0.982. The number of ether oxygens (including phenoxy) is 1. The van der Waals surface area contributed by atoms with Gasteiger partial charge in [0.15, 0.2) is 0 Å². The Morgan fingerprint density at radius 1 is 1.38 bits per heavy atom. The fourth-order valence-corrected chi connectivity index (χ4v) is 1.52. The Balaban J connectivity index is 2.83. The van der Waals surface area contributed by atoms with Crippen molar-refractivity contribution in [2.75, 3.05) is 0 Å². The molecule has 1 aromatic carbocycles. The van der Waals surface area contributed by atoms with Crippen LogP contribution in [-0.4, -0.2) is 6.10 Å². The maximum absolute atomic E-state index is 5.95. The summed E-state index contributed by atoms with van der Waals surface area (Å²) in [6, 6.07) is 5.55. The number of benzene rings is 1. The van der Waals surface area contributed by atoms with Crippen molar-refractivity contribution in [2.45, 2.75) is 25.8 Å². The zero-order valence-electron chi connectivity index (χ0n) is 7.68. The van der Waals surface area contributed by atoms with Crippen LogP contribution in [0, 0.1) is 0 Å². The molecule has 1 rings (SSSR count). The van der Waals surface area contributed by atoms with E-state index < -0.39 is 0 Å². The molecule has 0 spiro atoms. The third-order valence-corrected chi connectivity index (χ3v) is 2.18. The van der Waals surface area contributed by atoms with Crippen molar-refractivity contribution in [3.63, 3.8) is 0 Å². The van der Waals surface area contributed by atoms with Gasteiger partial charge in [0.05, 0.1) is 6.10 Å². The second-order valence-corrected chi connectivity index (χ2v) is 3.73. The van der Waals surface area contributed by atoms with Gasteiger partial charge >= 0.3 is 0 Å². The molecule has 0 amide bonds. The predicted molar refractivity (Wildman–Crippen MR) is 56.8 cm³/mol. The molecule has 0 saturated carbocycles. The fraction of sp³-hybridized carbons (Fsp3) is 0.400. The van der Waals surface area contributed by atoms with Crippen LogP contribution in [0.5, 0.6) is 5.75 Å². The van der Waals surface area contributed by atoms with E-state index in [9.17, 15) is 0 Å². The van der Waals surface area contributed by atoms with Gasteiger partial charge in [-0.3, -0.25) is 0 Å². The summed E-state index contributed by atoms with van der Waals surface area (Å²) in [5.41, 5.74) is 0.930. The van der Waals surface area contributed by atoms with Gasteiger partial charge in [-0.25, -0.2) is 0 Å². The Morgan fingerprint density at radius 2 is 2.08 bits per heavy atom. The molecule has 0 saturated heterocycles. The van der Waals surface area contributed by atoms with Crippen molar-refractivity contribution in [3.8, 4) is 5.75 Å². The molecular formula is C10H12Cl2O. The van der Waals surface area contributed by atoms with Crippen molar-refractivity contribution in [2.24, 2.45) is 0 Å². The Morgan fingerprint density at radius 3 is 2.54 bits per heavy atom. The van der Waals surface area contributed by atoms with E-state index in [1.807, 2.05) is 26.0 Å². The van der Waals surface area contributed by atoms with Crippen LogP contribution in [0.25, 0.3) is 0 Å². The molecule has 0 atom stereocenters. The number of halogens is 2. The van der Waals surface area contributed by atoms with E-state index in [0.717, 1.165) is 11.3 Å². The number of hydrogen-bond donors (Lipinski definition) is 0. The highest BCUT2D eigenvalue weighted by atomic mass is 35.5. The lowest BCUT2D eigenvalue weighted by Crippen LogP contribution is -2.05. The Bertz CT molecular complexity index is 284. The minimum Gasteiger partial charge on any atom is -0.491 e. The standard InChI is InChI=1S/C10H12Cl2O/c1-7(2)13-9-4-3-8(6-11)10(12)5-9/h3-5,7H,6H2,1-2H3. The average molecular weight is 219 g/mol. The molecule has 0 aromatic heterocycles. The van der Waals surface area contributed by atoms with Gasteiger partial charge in [0.25, 0.3) is 0 Å². The molecule has 1 aromatic rings. The predicted octanol–water partition coefficient (Wildman–Crippen LogP) is 3.87. The summed E-state index contributed by atoms with van der Waals surface area (Å²) >= 11 is 11.6. The molecular weight excluding hydrogens is 207 g/mol. The molecule has 72 valence electrons. The molecule has 0 aliphatic heterocycles. The van der Waals surface area contributed by atoms with Gasteiger partial charge in [-0.05, 0) is 31.5 Å². The Labute approximate surface area is 88.6 Å². The van der Waals surface area contributed by atoms with E-state index in [1.165, 1.54) is 0 Å². The smallest absolute Gasteiger partial charge is 0.121 e. The molecule has 0 unspecified atom stereocenters. The Hall–Kier alpha value is -0.400. The van der Waals surface area contributed by atoms with E-state index >= 15 is 0 Å². The second kappa shape index (κ2) is 4.73. The van der Waals surface area contributed by atoms with Crippen molar-refractivity contribution in [1.82, 2.24) is 0 Å². The van der Waals surface area contributed by atoms with Crippen LogP contribution in [0.3, 0.4) is 0 Å². The van der Waals surface area contributed by atoms with Crippen molar-refractivity contribution in [3.05, 3.63) is 28.8 Å². The number of hydrogen-bond acceptors (Lipinski definition) is 1. The van der Waals surface area contributed by atoms with Gasteiger partial charge in [0, 0.05) is 10.9 Å². The molecule has 0 aliphatic rings. The molecule has 0 fully saturated rings. The van der Waals surface area contributed by atoms with Crippen molar-refractivity contribution >= 4 is 23.2 Å². The van der Waals surface area contributed by atoms with Gasteiger partial charge in [-0.2, -0.15) is 0 Å². The summed E-state index contributed by atoms with van der Waals surface area (Å²) in [7, 11) is 0. The van der Waals surface area contributed by atoms with Crippen LogP contribution in [0.2, 0.25) is 5.02 Å². The highest BCUT2D eigenvalue weighted by molar-refractivity contribution is 6.32. The van der Waals surface area contributed by atoms with E-state index in [0.29, 0.717) is 10.9 Å². The third-order valence-electron chi connectivity index (χ3n) is 1.54. The zero-order valence-corrected chi connectivity index (χ0v) is 9.19. The lowest BCUT2D eigenvalue weighted by atomic mass is 10.2. The van der Waals surface area contributed by atoms with Crippen LogP contribution in [-0.2, 0) is 5.88 Å². The van der Waals surface area contributed by atoms with Crippen LogP contribution in [0.1, 0.15) is 19.4 Å². The highest BCUT2D eigenvalue weighted by Gasteiger charge is 2.02. The van der Waals surface area contributed by atoms with Gasteiger partial charge in [-0.15, -0.1) is 11.6 Å². The second-order valence-electron chi connectivity index (χ2n) is 3.05. The lowest BCUT2D eigenvalue weighted by molar-refractivity contribution is 0.242. The summed E-state index contributed by atoms with van der Waals surface area (Å²) < 4.78 is 5.47. The Kier molecular flexibility index (Phi) is 3.89. The van der Waals surface area contributed by atoms with Crippen LogP contribution in [0.4, 0.5) is 0 Å². The topological polar surface area (TPSA) is 9.23 Å². The molecule has 0 N–H and O–H groups in total. The molecule has 0 bridgehead atoms.